The van der Waals surface area contributed by atoms with Gasteiger partial charge in [0.05, 0.1) is 0 Å². The minimum Gasteiger partial charge on any atom is -0.356 e. The maximum Gasteiger partial charge on any atom is 0.273 e. The van der Waals surface area contributed by atoms with Crippen LogP contribution < -0.4 is 10.5 Å². The van der Waals surface area contributed by atoms with E-state index in [1.54, 1.807) is 30.3 Å². The molecule has 7 heteroatoms. The van der Waals surface area contributed by atoms with E-state index in [1.165, 1.54) is 0 Å². The van der Waals surface area contributed by atoms with Crippen LogP contribution in [0.1, 0.15) is 24.2 Å². The molecule has 1 fully saturated rings. The summed E-state index contributed by atoms with van der Waals surface area (Å²) in [5.41, 5.74) is 1.60. The maximum absolute atomic E-state index is 12.1. The van der Waals surface area contributed by atoms with Gasteiger partial charge in [-0.3, -0.25) is 14.7 Å². The SMILES string of the molecule is Cc1cc(N(C)C2CCN(Cc3nccn(C)c3=O)CC2)ncn1. The third-order valence-corrected chi connectivity index (χ3v) is 4.72. The highest BCUT2D eigenvalue weighted by molar-refractivity contribution is 5.39. The van der Waals surface area contributed by atoms with E-state index in [0.717, 1.165) is 37.4 Å². The van der Waals surface area contributed by atoms with Gasteiger partial charge in [0.2, 0.25) is 0 Å². The van der Waals surface area contributed by atoms with Gasteiger partial charge in [-0.05, 0) is 19.8 Å². The zero-order valence-electron chi connectivity index (χ0n) is 14.5. The largest absolute Gasteiger partial charge is 0.356 e. The second-order valence-electron chi connectivity index (χ2n) is 6.43. The number of rotatable bonds is 4. The number of piperidine rings is 1. The average Bonchev–Trinajstić information content (AvgIpc) is 2.59. The molecule has 0 atom stereocenters. The summed E-state index contributed by atoms with van der Waals surface area (Å²) in [5.74, 6) is 0.972. The topological polar surface area (TPSA) is 67.2 Å². The predicted molar refractivity (Wildman–Crippen MR) is 92.9 cm³/mol. The van der Waals surface area contributed by atoms with Crippen LogP contribution in [0, 0.1) is 6.92 Å². The van der Waals surface area contributed by atoms with Crippen LogP contribution in [-0.4, -0.2) is 50.6 Å². The summed E-state index contributed by atoms with van der Waals surface area (Å²) in [7, 11) is 3.86. The van der Waals surface area contributed by atoms with Crippen molar-refractivity contribution >= 4 is 5.82 Å². The van der Waals surface area contributed by atoms with E-state index in [4.69, 9.17) is 0 Å². The second-order valence-corrected chi connectivity index (χ2v) is 6.43. The Morgan fingerprint density at radius 1 is 1.25 bits per heavy atom. The van der Waals surface area contributed by atoms with Gasteiger partial charge in [0.15, 0.2) is 0 Å². The lowest BCUT2D eigenvalue weighted by Gasteiger charge is -2.37. The zero-order chi connectivity index (χ0) is 17.1. The maximum atomic E-state index is 12.1. The molecule has 0 bridgehead atoms. The van der Waals surface area contributed by atoms with Crippen LogP contribution in [0.2, 0.25) is 0 Å². The number of hydrogen-bond donors (Lipinski definition) is 0. The highest BCUT2D eigenvalue weighted by Crippen LogP contribution is 2.21. The molecule has 24 heavy (non-hydrogen) atoms. The first-order valence-corrected chi connectivity index (χ1v) is 8.29. The molecule has 3 heterocycles. The first-order valence-electron chi connectivity index (χ1n) is 8.29. The molecule has 0 N–H and O–H groups in total. The zero-order valence-corrected chi connectivity index (χ0v) is 14.5. The van der Waals surface area contributed by atoms with E-state index in [9.17, 15) is 4.79 Å². The monoisotopic (exact) mass is 328 g/mol. The molecule has 1 saturated heterocycles. The van der Waals surface area contributed by atoms with E-state index >= 15 is 0 Å². The molecule has 0 spiro atoms. The minimum absolute atomic E-state index is 0.00629. The Kier molecular flexibility index (Phi) is 4.89. The van der Waals surface area contributed by atoms with Crippen molar-refractivity contribution in [1.29, 1.82) is 0 Å². The van der Waals surface area contributed by atoms with E-state index in [2.05, 4.69) is 31.8 Å². The van der Waals surface area contributed by atoms with E-state index in [-0.39, 0.29) is 5.56 Å². The molecule has 0 aromatic carbocycles. The van der Waals surface area contributed by atoms with Gasteiger partial charge in [0, 0.05) is 63.9 Å². The Hall–Kier alpha value is -2.28. The first kappa shape index (κ1) is 16.6. The molecular formula is C17H24N6O. The fourth-order valence-electron chi connectivity index (χ4n) is 3.16. The van der Waals surface area contributed by atoms with Crippen LogP contribution in [-0.2, 0) is 13.6 Å². The number of nitrogens with zero attached hydrogens (tertiary/aromatic N) is 6. The summed E-state index contributed by atoms with van der Waals surface area (Å²) in [6.45, 7) is 4.52. The van der Waals surface area contributed by atoms with Crippen LogP contribution in [0.25, 0.3) is 0 Å². The molecule has 0 saturated carbocycles. The fraction of sp³-hybridized carbons (Fsp3) is 0.529. The molecule has 0 unspecified atom stereocenters. The van der Waals surface area contributed by atoms with Crippen LogP contribution in [0.3, 0.4) is 0 Å². The molecule has 0 radical (unpaired) electrons. The third kappa shape index (κ3) is 3.62. The highest BCUT2D eigenvalue weighted by atomic mass is 16.1. The smallest absolute Gasteiger partial charge is 0.273 e. The molecule has 3 rings (SSSR count). The van der Waals surface area contributed by atoms with Gasteiger partial charge in [-0.25, -0.2) is 9.97 Å². The number of aromatic nitrogens is 4. The number of anilines is 1. The van der Waals surface area contributed by atoms with Gasteiger partial charge in [0.25, 0.3) is 5.56 Å². The Balaban J connectivity index is 1.59. The summed E-state index contributed by atoms with van der Waals surface area (Å²) in [6, 6.07) is 2.48. The van der Waals surface area contributed by atoms with Crippen molar-refractivity contribution in [1.82, 2.24) is 24.4 Å². The number of hydrogen-bond acceptors (Lipinski definition) is 6. The summed E-state index contributed by atoms with van der Waals surface area (Å²) < 4.78 is 1.58. The summed E-state index contributed by atoms with van der Waals surface area (Å²) in [4.78, 5) is 29.4. The van der Waals surface area contributed by atoms with Crippen molar-refractivity contribution < 1.29 is 0 Å². The molecule has 7 nitrogen and oxygen atoms in total. The third-order valence-electron chi connectivity index (χ3n) is 4.72. The Morgan fingerprint density at radius 2 is 2.00 bits per heavy atom. The lowest BCUT2D eigenvalue weighted by Crippen LogP contribution is -2.44. The molecule has 2 aromatic heterocycles. The van der Waals surface area contributed by atoms with Crippen LogP contribution in [0.15, 0.2) is 29.6 Å². The van der Waals surface area contributed by atoms with E-state index in [1.807, 2.05) is 13.0 Å². The Morgan fingerprint density at radius 3 is 2.71 bits per heavy atom. The van der Waals surface area contributed by atoms with Crippen molar-refractivity contribution in [2.45, 2.75) is 32.4 Å². The molecule has 2 aromatic rings. The van der Waals surface area contributed by atoms with Gasteiger partial charge in [-0.2, -0.15) is 0 Å². The predicted octanol–water partition coefficient (Wildman–Crippen LogP) is 0.980. The summed E-state index contributed by atoms with van der Waals surface area (Å²) >= 11 is 0. The fourth-order valence-corrected chi connectivity index (χ4v) is 3.16. The lowest BCUT2D eigenvalue weighted by atomic mass is 10.0. The average molecular weight is 328 g/mol. The Bertz CT molecular complexity index is 751. The minimum atomic E-state index is -0.00629. The Labute approximate surface area is 142 Å². The number of likely N-dealkylation sites (tertiary alicyclic amines) is 1. The normalized spacial score (nSPS) is 16.3. The van der Waals surface area contributed by atoms with Crippen LogP contribution >= 0.6 is 0 Å². The standard InChI is InChI=1S/C17H24N6O/c1-13-10-16(20-12-19-13)22(3)14-4-7-23(8-5-14)11-15-17(24)21(2)9-6-18-15/h6,9-10,12,14H,4-5,7-8,11H2,1-3H3. The van der Waals surface area contributed by atoms with Crippen molar-refractivity contribution in [2.24, 2.45) is 7.05 Å². The van der Waals surface area contributed by atoms with Gasteiger partial charge >= 0.3 is 0 Å². The van der Waals surface area contributed by atoms with Gasteiger partial charge in [-0.1, -0.05) is 0 Å². The van der Waals surface area contributed by atoms with Crippen LogP contribution in [0.4, 0.5) is 5.82 Å². The highest BCUT2D eigenvalue weighted by Gasteiger charge is 2.24. The molecule has 1 aliphatic rings. The molecule has 0 aliphatic carbocycles. The molecular weight excluding hydrogens is 304 g/mol. The molecule has 0 amide bonds. The second kappa shape index (κ2) is 7.09. The molecule has 128 valence electrons. The van der Waals surface area contributed by atoms with Crippen molar-refractivity contribution in [3.63, 3.8) is 0 Å². The van der Waals surface area contributed by atoms with E-state index in [0.29, 0.717) is 18.3 Å². The lowest BCUT2D eigenvalue weighted by molar-refractivity contribution is 0.200. The number of aryl methyl sites for hydroxylation is 2. The van der Waals surface area contributed by atoms with Gasteiger partial charge in [0.1, 0.15) is 17.8 Å². The van der Waals surface area contributed by atoms with Crippen LogP contribution in [0.5, 0.6) is 0 Å². The summed E-state index contributed by atoms with van der Waals surface area (Å²) in [6.07, 6.45) is 7.10. The van der Waals surface area contributed by atoms with E-state index < -0.39 is 0 Å². The quantitative estimate of drug-likeness (QED) is 0.833. The summed E-state index contributed by atoms with van der Waals surface area (Å²) in [5, 5.41) is 0. The van der Waals surface area contributed by atoms with Crippen molar-refractivity contribution in [3.8, 4) is 0 Å². The van der Waals surface area contributed by atoms with Crippen molar-refractivity contribution in [2.75, 3.05) is 25.0 Å². The molecule has 1 aliphatic heterocycles. The van der Waals surface area contributed by atoms with Crippen molar-refractivity contribution in [3.05, 3.63) is 46.5 Å². The van der Waals surface area contributed by atoms with Gasteiger partial charge < -0.3 is 9.47 Å². The van der Waals surface area contributed by atoms with Gasteiger partial charge in [-0.15, -0.1) is 0 Å². The first-order chi connectivity index (χ1) is 11.5.